The molecule has 1 aliphatic heterocycles. The van der Waals surface area contributed by atoms with Crippen molar-refractivity contribution < 1.29 is 29.7 Å². The van der Waals surface area contributed by atoms with Gasteiger partial charge in [-0.25, -0.2) is 0 Å². The van der Waals surface area contributed by atoms with E-state index in [1.54, 1.807) is 24.0 Å². The molecule has 0 aromatic heterocycles. The van der Waals surface area contributed by atoms with E-state index in [1.807, 2.05) is 26.0 Å². The Bertz CT molecular complexity index is 1320. The first-order valence-electron chi connectivity index (χ1n) is 14.0. The van der Waals surface area contributed by atoms with Crippen molar-refractivity contribution in [1.29, 1.82) is 10.8 Å². The van der Waals surface area contributed by atoms with Gasteiger partial charge in [-0.2, -0.15) is 0 Å². The number of carboxylic acids is 1. The number of likely N-dealkylation sites (N-methyl/N-ethyl adjacent to an activating group) is 1. The Morgan fingerprint density at radius 2 is 1.62 bits per heavy atom. The van der Waals surface area contributed by atoms with Crippen molar-refractivity contribution in [2.45, 2.75) is 52.5 Å². The third-order valence-electron chi connectivity index (χ3n) is 7.13. The summed E-state index contributed by atoms with van der Waals surface area (Å²) in [6.45, 7) is 8.84. The van der Waals surface area contributed by atoms with Crippen LogP contribution in [0.15, 0.2) is 36.4 Å². The Labute approximate surface area is 245 Å². The fourth-order valence-electron chi connectivity index (χ4n) is 4.80. The minimum Gasteiger partial charge on any atom is -0.508 e. The van der Waals surface area contributed by atoms with Gasteiger partial charge in [0.15, 0.2) is 5.84 Å². The molecule has 2 aromatic carbocycles. The lowest BCUT2D eigenvalue weighted by molar-refractivity contribution is -0.137. The molecule has 0 bridgehead atoms. The molecule has 12 heteroatoms. The van der Waals surface area contributed by atoms with Crippen LogP contribution in [0.25, 0.3) is 0 Å². The van der Waals surface area contributed by atoms with Crippen LogP contribution in [0.1, 0.15) is 62.6 Å². The molecule has 1 aliphatic rings. The summed E-state index contributed by atoms with van der Waals surface area (Å²) in [4.78, 5) is 40.8. The standard InChI is InChI=1S/C30H40N6O6/c1-4-33-30(42)29(32)36(28(31)23-16-22(19(2)3)24(37)17-25(23)38)21-10-8-20(9-11-21)18-34-12-14-35(15-13-34)26(39)6-5-7-27(40)41/h8-11,16-17,19,31-32,37-38H,4-7,12-15,18H2,1-3H3,(H,33,42)(H,40,41). The number of phenolic OH excluding ortho intramolecular Hbond substituents is 2. The predicted octanol–water partition coefficient (Wildman–Crippen LogP) is 3.07. The molecular weight excluding hydrogens is 540 g/mol. The molecule has 0 aliphatic carbocycles. The monoisotopic (exact) mass is 580 g/mol. The number of rotatable bonds is 10. The van der Waals surface area contributed by atoms with Crippen molar-refractivity contribution in [3.05, 3.63) is 53.1 Å². The van der Waals surface area contributed by atoms with Crippen LogP contribution in [-0.2, 0) is 20.9 Å². The van der Waals surface area contributed by atoms with E-state index >= 15 is 0 Å². The topological polar surface area (TPSA) is 181 Å². The predicted molar refractivity (Wildman–Crippen MR) is 159 cm³/mol. The molecule has 0 saturated carbocycles. The quantitative estimate of drug-likeness (QED) is 0.183. The van der Waals surface area contributed by atoms with Crippen LogP contribution in [0.4, 0.5) is 5.69 Å². The molecule has 0 spiro atoms. The van der Waals surface area contributed by atoms with Crippen LogP contribution in [0, 0.1) is 10.8 Å². The van der Waals surface area contributed by atoms with E-state index < -0.39 is 17.7 Å². The molecule has 3 rings (SSSR count). The number of aromatic hydroxyl groups is 2. The van der Waals surface area contributed by atoms with Crippen LogP contribution < -0.4 is 10.2 Å². The van der Waals surface area contributed by atoms with Gasteiger partial charge in [-0.15, -0.1) is 0 Å². The van der Waals surface area contributed by atoms with Gasteiger partial charge in [0, 0.05) is 63.9 Å². The maximum Gasteiger partial charge on any atom is 0.303 e. The summed E-state index contributed by atoms with van der Waals surface area (Å²) in [5.41, 5.74) is 1.94. The maximum absolute atomic E-state index is 12.7. The molecule has 2 amide bonds. The number of hydrogen-bond acceptors (Lipinski definition) is 8. The Kier molecular flexibility index (Phi) is 11.0. The van der Waals surface area contributed by atoms with Gasteiger partial charge in [-0.3, -0.25) is 35.0 Å². The Hall–Kier alpha value is -4.45. The zero-order valence-electron chi connectivity index (χ0n) is 24.3. The number of aliphatic carboxylic acids is 1. The van der Waals surface area contributed by atoms with Crippen LogP contribution >= 0.6 is 0 Å². The third kappa shape index (κ3) is 8.06. The largest absolute Gasteiger partial charge is 0.508 e. The third-order valence-corrected chi connectivity index (χ3v) is 7.13. The SMILES string of the molecule is CCNC(=O)C(=N)N(C(=N)c1cc(C(C)C)c(O)cc1O)c1ccc(CN2CCN(C(=O)CCCC(=O)O)CC2)cc1. The molecule has 0 atom stereocenters. The van der Waals surface area contributed by atoms with E-state index in [2.05, 4.69) is 10.2 Å². The van der Waals surface area contributed by atoms with Gasteiger partial charge < -0.3 is 25.5 Å². The summed E-state index contributed by atoms with van der Waals surface area (Å²) in [6, 6.07) is 9.78. The van der Waals surface area contributed by atoms with E-state index in [9.17, 15) is 24.6 Å². The lowest BCUT2D eigenvalue weighted by atomic mass is 9.98. The van der Waals surface area contributed by atoms with Crippen molar-refractivity contribution in [2.24, 2.45) is 0 Å². The highest BCUT2D eigenvalue weighted by Crippen LogP contribution is 2.33. The number of carbonyl (C=O) groups is 3. The van der Waals surface area contributed by atoms with Gasteiger partial charge in [0.2, 0.25) is 5.91 Å². The smallest absolute Gasteiger partial charge is 0.303 e. The number of carbonyl (C=O) groups excluding carboxylic acids is 2. The average molecular weight is 581 g/mol. The molecule has 226 valence electrons. The molecule has 1 fully saturated rings. The lowest BCUT2D eigenvalue weighted by Crippen LogP contribution is -2.48. The minimum absolute atomic E-state index is 0.0174. The molecule has 2 aromatic rings. The van der Waals surface area contributed by atoms with Crippen molar-refractivity contribution >= 4 is 35.1 Å². The number of amidine groups is 2. The van der Waals surface area contributed by atoms with Crippen molar-refractivity contribution in [2.75, 3.05) is 37.6 Å². The molecular formula is C30H40N6O6. The summed E-state index contributed by atoms with van der Waals surface area (Å²) >= 11 is 0. The van der Waals surface area contributed by atoms with Gasteiger partial charge in [-0.05, 0) is 48.6 Å². The normalized spacial score (nSPS) is 13.6. The van der Waals surface area contributed by atoms with Gasteiger partial charge in [0.05, 0.1) is 5.56 Å². The maximum atomic E-state index is 12.7. The van der Waals surface area contributed by atoms with E-state index in [1.165, 1.54) is 12.1 Å². The number of benzene rings is 2. The number of anilines is 1. The van der Waals surface area contributed by atoms with Gasteiger partial charge in [-0.1, -0.05) is 26.0 Å². The van der Waals surface area contributed by atoms with Gasteiger partial charge in [0.1, 0.15) is 17.3 Å². The highest BCUT2D eigenvalue weighted by Gasteiger charge is 2.27. The highest BCUT2D eigenvalue weighted by atomic mass is 16.4. The molecule has 1 saturated heterocycles. The highest BCUT2D eigenvalue weighted by molar-refractivity contribution is 6.48. The Balaban J connectivity index is 1.75. The van der Waals surface area contributed by atoms with Crippen LogP contribution in [0.5, 0.6) is 11.5 Å². The number of piperazine rings is 1. The van der Waals surface area contributed by atoms with E-state index in [4.69, 9.17) is 15.9 Å². The second-order valence-electron chi connectivity index (χ2n) is 10.5. The number of carboxylic acid groups (broad SMARTS) is 1. The molecule has 42 heavy (non-hydrogen) atoms. The summed E-state index contributed by atoms with van der Waals surface area (Å²) in [6.07, 6.45) is 0.541. The molecule has 6 N–H and O–H groups in total. The second-order valence-corrected chi connectivity index (χ2v) is 10.5. The van der Waals surface area contributed by atoms with Crippen molar-refractivity contribution in [3.8, 4) is 11.5 Å². The van der Waals surface area contributed by atoms with Crippen molar-refractivity contribution in [3.63, 3.8) is 0 Å². The molecule has 0 radical (unpaired) electrons. The summed E-state index contributed by atoms with van der Waals surface area (Å²) in [5.74, 6) is -2.92. The zero-order valence-corrected chi connectivity index (χ0v) is 24.3. The lowest BCUT2D eigenvalue weighted by Gasteiger charge is -2.35. The number of amides is 2. The first-order valence-corrected chi connectivity index (χ1v) is 14.0. The first-order chi connectivity index (χ1) is 19.9. The minimum atomic E-state index is -0.904. The summed E-state index contributed by atoms with van der Waals surface area (Å²) in [7, 11) is 0. The Morgan fingerprint density at radius 1 is 0.976 bits per heavy atom. The number of nitrogens with zero attached hydrogens (tertiary/aromatic N) is 3. The summed E-state index contributed by atoms with van der Waals surface area (Å²) in [5, 5.41) is 49.7. The average Bonchev–Trinajstić information content (AvgIpc) is 2.94. The first kappa shape index (κ1) is 32.1. The van der Waals surface area contributed by atoms with E-state index in [0.717, 1.165) is 10.5 Å². The number of phenols is 2. The molecule has 12 nitrogen and oxygen atoms in total. The molecule has 0 unspecified atom stereocenters. The van der Waals surface area contributed by atoms with Gasteiger partial charge in [0.25, 0.3) is 5.91 Å². The number of hydrogen-bond donors (Lipinski definition) is 6. The fraction of sp³-hybridized carbons (Fsp3) is 0.433. The van der Waals surface area contributed by atoms with Crippen molar-refractivity contribution in [1.82, 2.24) is 15.1 Å². The van der Waals surface area contributed by atoms with E-state index in [-0.39, 0.29) is 47.6 Å². The van der Waals surface area contributed by atoms with Crippen LogP contribution in [-0.4, -0.2) is 87.3 Å². The molecule has 1 heterocycles. The zero-order chi connectivity index (χ0) is 31.0. The van der Waals surface area contributed by atoms with Gasteiger partial charge >= 0.3 is 5.97 Å². The van der Waals surface area contributed by atoms with E-state index in [0.29, 0.717) is 56.9 Å². The fourth-order valence-corrected chi connectivity index (χ4v) is 4.80. The second kappa shape index (κ2) is 14.4. The summed E-state index contributed by atoms with van der Waals surface area (Å²) < 4.78 is 0. The Morgan fingerprint density at radius 3 is 2.19 bits per heavy atom. The van der Waals surface area contributed by atoms with Crippen LogP contribution in [0.2, 0.25) is 0 Å². The van der Waals surface area contributed by atoms with Crippen LogP contribution in [0.3, 0.4) is 0 Å². The number of nitrogens with one attached hydrogen (secondary N) is 3.